The summed E-state index contributed by atoms with van der Waals surface area (Å²) in [4.78, 5) is 0. The summed E-state index contributed by atoms with van der Waals surface area (Å²) in [5.41, 5.74) is 0. The van der Waals surface area contributed by atoms with Gasteiger partial charge in [0.2, 0.25) is 0 Å². The summed E-state index contributed by atoms with van der Waals surface area (Å²) >= 11 is 0. The van der Waals surface area contributed by atoms with Gasteiger partial charge >= 0.3 is 0 Å². The third-order valence-corrected chi connectivity index (χ3v) is 2.39. The monoisotopic (exact) mass is 174 g/mol. The molecule has 0 saturated carbocycles. The predicted molar refractivity (Wildman–Crippen MR) is 52.8 cm³/mol. The van der Waals surface area contributed by atoms with Crippen molar-refractivity contribution in [3.63, 3.8) is 0 Å². The van der Waals surface area contributed by atoms with Crippen LogP contribution in [0.4, 0.5) is 0 Å². The van der Waals surface area contributed by atoms with Crippen molar-refractivity contribution in [3.8, 4) is 0 Å². The average Bonchev–Trinajstić information content (AvgIpc) is 2.06. The van der Waals surface area contributed by atoms with Crippen molar-refractivity contribution in [1.82, 2.24) is 0 Å². The lowest BCUT2D eigenvalue weighted by Gasteiger charge is -2.36. The third-order valence-electron chi connectivity index (χ3n) is 2.39. The highest BCUT2D eigenvalue weighted by atomic mass is 16.3. The fourth-order valence-electron chi connectivity index (χ4n) is 1.97. The first-order valence-corrected chi connectivity index (χ1v) is 5.20. The summed E-state index contributed by atoms with van der Waals surface area (Å²) in [5, 5.41) is 9.34. The Morgan fingerprint density at radius 1 is 0.833 bits per heavy atom. The first-order chi connectivity index (χ1) is 5.74. The molecule has 0 aliphatic rings. The molecule has 0 unspecified atom stereocenters. The Hall–Kier alpha value is -0.0800. The van der Waals surface area contributed by atoms with Crippen molar-refractivity contribution in [2.24, 2.45) is 0 Å². The van der Waals surface area contributed by atoms with Gasteiger partial charge in [0.1, 0.15) is 0 Å². The number of aliphatic hydroxyl groups is 1. The van der Waals surface area contributed by atoms with Gasteiger partial charge in [0.25, 0.3) is 0 Å². The lowest BCUT2D eigenvalue weighted by Crippen LogP contribution is -2.50. The molecule has 0 aromatic rings. The van der Waals surface area contributed by atoms with Crippen LogP contribution in [0.15, 0.2) is 0 Å². The van der Waals surface area contributed by atoms with Gasteiger partial charge in [-0.1, -0.05) is 20.8 Å². The molecule has 0 spiro atoms. The minimum atomic E-state index is 0.315. The van der Waals surface area contributed by atoms with Crippen LogP contribution in [-0.2, 0) is 0 Å². The van der Waals surface area contributed by atoms with E-state index in [4.69, 9.17) is 0 Å². The molecular weight excluding hydrogens is 150 g/mol. The summed E-state index contributed by atoms with van der Waals surface area (Å²) in [6.45, 7) is 10.2. The summed E-state index contributed by atoms with van der Waals surface area (Å²) in [5.74, 6) is 0. The van der Waals surface area contributed by atoms with E-state index in [2.05, 4.69) is 20.8 Å². The lowest BCUT2D eigenvalue weighted by molar-refractivity contribution is -0.945. The molecule has 2 nitrogen and oxygen atoms in total. The molecule has 0 radical (unpaired) electrons. The summed E-state index contributed by atoms with van der Waals surface area (Å²) in [6, 6.07) is 0. The first kappa shape index (κ1) is 11.9. The van der Waals surface area contributed by atoms with E-state index in [0.717, 1.165) is 24.1 Å². The van der Waals surface area contributed by atoms with Crippen LogP contribution in [0, 0.1) is 0 Å². The molecule has 0 amide bonds. The summed E-state index contributed by atoms with van der Waals surface area (Å²) in [6.07, 6.45) is 3.50. The number of quaternary nitrogens is 1. The standard InChI is InChI=1S/C10H24NO/c1-4-7-11(10-12,8-5-2)9-6-3/h12H,4-10H2,1-3H3/q+1. The molecule has 0 rings (SSSR count). The van der Waals surface area contributed by atoms with E-state index in [1.54, 1.807) is 0 Å². The van der Waals surface area contributed by atoms with Crippen molar-refractivity contribution in [1.29, 1.82) is 0 Å². The van der Waals surface area contributed by atoms with E-state index >= 15 is 0 Å². The predicted octanol–water partition coefficient (Wildman–Crippen LogP) is 1.98. The van der Waals surface area contributed by atoms with Gasteiger partial charge in [-0.05, 0) is 19.3 Å². The van der Waals surface area contributed by atoms with Gasteiger partial charge in [-0.25, -0.2) is 0 Å². The molecule has 2 heteroatoms. The number of aliphatic hydroxyl groups excluding tert-OH is 1. The Morgan fingerprint density at radius 3 is 1.33 bits per heavy atom. The van der Waals surface area contributed by atoms with Gasteiger partial charge in [-0.2, -0.15) is 0 Å². The zero-order valence-electron chi connectivity index (χ0n) is 8.84. The van der Waals surface area contributed by atoms with Crippen LogP contribution in [0.25, 0.3) is 0 Å². The molecule has 12 heavy (non-hydrogen) atoms. The van der Waals surface area contributed by atoms with Crippen molar-refractivity contribution < 1.29 is 9.59 Å². The van der Waals surface area contributed by atoms with Crippen molar-refractivity contribution in [2.45, 2.75) is 40.0 Å². The average molecular weight is 174 g/mol. The van der Waals surface area contributed by atoms with Crippen LogP contribution in [-0.4, -0.2) is 36.0 Å². The molecule has 0 atom stereocenters. The molecule has 0 bridgehead atoms. The van der Waals surface area contributed by atoms with E-state index in [9.17, 15) is 5.11 Å². The highest BCUT2D eigenvalue weighted by Gasteiger charge is 2.22. The molecule has 0 aromatic carbocycles. The summed E-state index contributed by atoms with van der Waals surface area (Å²) < 4.78 is 0.906. The van der Waals surface area contributed by atoms with Gasteiger partial charge in [0.05, 0.1) is 19.6 Å². The number of nitrogens with zero attached hydrogens (tertiary/aromatic N) is 1. The maximum absolute atomic E-state index is 9.34. The zero-order chi connectivity index (χ0) is 9.45. The number of hydrogen-bond donors (Lipinski definition) is 1. The van der Waals surface area contributed by atoms with Crippen LogP contribution < -0.4 is 0 Å². The molecule has 0 fully saturated rings. The second-order valence-corrected chi connectivity index (χ2v) is 3.65. The van der Waals surface area contributed by atoms with Gasteiger partial charge in [0.15, 0.2) is 6.73 Å². The summed E-state index contributed by atoms with van der Waals surface area (Å²) in [7, 11) is 0. The smallest absolute Gasteiger partial charge is 0.180 e. The van der Waals surface area contributed by atoms with Crippen LogP contribution in [0.3, 0.4) is 0 Å². The van der Waals surface area contributed by atoms with Crippen molar-refractivity contribution in [3.05, 3.63) is 0 Å². The van der Waals surface area contributed by atoms with Crippen LogP contribution >= 0.6 is 0 Å². The fourth-order valence-corrected chi connectivity index (χ4v) is 1.97. The van der Waals surface area contributed by atoms with E-state index in [1.165, 1.54) is 19.3 Å². The SMILES string of the molecule is CCC[N+](CO)(CCC)CCC. The third kappa shape index (κ3) is 3.55. The molecule has 0 aromatic heterocycles. The maximum Gasteiger partial charge on any atom is 0.180 e. The van der Waals surface area contributed by atoms with Gasteiger partial charge < -0.3 is 9.59 Å². The Labute approximate surface area is 76.8 Å². The normalized spacial score (nSPS) is 12.0. The molecular formula is C10H24NO+. The quantitative estimate of drug-likeness (QED) is 0.462. The van der Waals surface area contributed by atoms with E-state index in [-0.39, 0.29) is 0 Å². The Morgan fingerprint density at radius 2 is 1.17 bits per heavy atom. The highest BCUT2D eigenvalue weighted by Crippen LogP contribution is 2.09. The number of rotatable bonds is 7. The minimum absolute atomic E-state index is 0.315. The van der Waals surface area contributed by atoms with Crippen molar-refractivity contribution >= 4 is 0 Å². The van der Waals surface area contributed by atoms with Gasteiger partial charge in [0, 0.05) is 0 Å². The largest absolute Gasteiger partial charge is 0.347 e. The molecule has 0 aliphatic heterocycles. The second-order valence-electron chi connectivity index (χ2n) is 3.65. The molecule has 1 N–H and O–H groups in total. The Kier molecular flexibility index (Phi) is 6.39. The van der Waals surface area contributed by atoms with Crippen LogP contribution in [0.1, 0.15) is 40.0 Å². The molecule has 0 saturated heterocycles. The van der Waals surface area contributed by atoms with E-state index < -0.39 is 0 Å². The van der Waals surface area contributed by atoms with Crippen LogP contribution in [0.5, 0.6) is 0 Å². The van der Waals surface area contributed by atoms with Crippen molar-refractivity contribution in [2.75, 3.05) is 26.4 Å². The first-order valence-electron chi connectivity index (χ1n) is 5.20. The molecule has 74 valence electrons. The fraction of sp³-hybridized carbons (Fsp3) is 1.00. The van der Waals surface area contributed by atoms with E-state index in [0.29, 0.717) is 6.73 Å². The number of hydrogen-bond acceptors (Lipinski definition) is 1. The highest BCUT2D eigenvalue weighted by molar-refractivity contribution is 4.39. The van der Waals surface area contributed by atoms with Gasteiger partial charge in [-0.15, -0.1) is 0 Å². The van der Waals surface area contributed by atoms with E-state index in [1.807, 2.05) is 0 Å². The van der Waals surface area contributed by atoms with Gasteiger partial charge in [-0.3, -0.25) is 0 Å². The maximum atomic E-state index is 9.34. The molecule has 0 aliphatic carbocycles. The lowest BCUT2D eigenvalue weighted by atomic mass is 10.2. The second kappa shape index (κ2) is 6.44. The Balaban J connectivity index is 4.06. The minimum Gasteiger partial charge on any atom is -0.347 e. The molecule has 0 heterocycles. The topological polar surface area (TPSA) is 20.2 Å². The zero-order valence-corrected chi connectivity index (χ0v) is 8.84. The van der Waals surface area contributed by atoms with Crippen LogP contribution in [0.2, 0.25) is 0 Å². The Bertz CT molecular complexity index is 87.0.